The summed E-state index contributed by atoms with van der Waals surface area (Å²) in [6.45, 7) is 12.0. The van der Waals surface area contributed by atoms with E-state index in [0.29, 0.717) is 5.65 Å². The fraction of sp³-hybridized carbons (Fsp3) is 0.107. The number of allylic oxidation sites excluding steroid dienone is 5. The van der Waals surface area contributed by atoms with Crippen LogP contribution in [0.4, 0.5) is 0 Å². The van der Waals surface area contributed by atoms with Gasteiger partial charge in [-0.3, -0.25) is 10.1 Å². The first kappa shape index (κ1) is 22.6. The van der Waals surface area contributed by atoms with Crippen LogP contribution in [0.15, 0.2) is 90.9 Å². The van der Waals surface area contributed by atoms with Crippen LogP contribution in [0, 0.1) is 0 Å². The third-order valence-electron chi connectivity index (χ3n) is 5.90. The molecule has 35 heavy (non-hydrogen) atoms. The number of thiophene rings is 1. The van der Waals surface area contributed by atoms with Gasteiger partial charge in [0.25, 0.3) is 0 Å². The van der Waals surface area contributed by atoms with Crippen molar-refractivity contribution in [3.05, 3.63) is 96.4 Å². The van der Waals surface area contributed by atoms with Gasteiger partial charge in [-0.25, -0.2) is 4.98 Å². The van der Waals surface area contributed by atoms with E-state index >= 15 is 0 Å². The number of aromatic amines is 2. The van der Waals surface area contributed by atoms with Crippen molar-refractivity contribution in [2.75, 3.05) is 0 Å². The van der Waals surface area contributed by atoms with Crippen LogP contribution in [-0.2, 0) is 0 Å². The summed E-state index contributed by atoms with van der Waals surface area (Å²) < 4.78 is 0. The lowest BCUT2D eigenvalue weighted by molar-refractivity contribution is 0.921. The van der Waals surface area contributed by atoms with Gasteiger partial charge in [-0.05, 0) is 60.7 Å². The van der Waals surface area contributed by atoms with E-state index in [4.69, 9.17) is 0 Å². The molecule has 0 bridgehead atoms. The average Bonchev–Trinajstić information content (AvgIpc) is 3.64. The molecule has 0 amide bonds. The van der Waals surface area contributed by atoms with Crippen LogP contribution >= 0.6 is 11.3 Å². The number of pyridine rings is 2. The molecule has 0 unspecified atom stereocenters. The normalized spacial score (nSPS) is 12.4. The summed E-state index contributed by atoms with van der Waals surface area (Å²) in [5, 5.41) is 15.0. The van der Waals surface area contributed by atoms with Gasteiger partial charge in [0.2, 0.25) is 0 Å². The van der Waals surface area contributed by atoms with Crippen LogP contribution in [0.3, 0.4) is 0 Å². The standard InChI is InChI=1S/C28H26N6S/c1-5-17(4)31-20(7-3)13-18(6-2)19-14-22-26(33-34-28(22)30-16-19)24-15-21-23(32-24)10-11-29-27(21)25-9-8-12-35-25/h6-16,31-32H,3-5H2,1-2H3,(H,30,33,34)/b18-6+,20-13+. The Morgan fingerprint density at radius 2 is 2.09 bits per heavy atom. The maximum absolute atomic E-state index is 4.64. The minimum absolute atomic E-state index is 0.667. The number of hydrogen-bond donors (Lipinski definition) is 3. The molecule has 0 aliphatic rings. The van der Waals surface area contributed by atoms with Crippen molar-refractivity contribution in [2.45, 2.75) is 20.3 Å². The Balaban J connectivity index is 1.57. The van der Waals surface area contributed by atoms with E-state index < -0.39 is 0 Å². The molecule has 174 valence electrons. The van der Waals surface area contributed by atoms with Gasteiger partial charge in [0, 0.05) is 45.6 Å². The van der Waals surface area contributed by atoms with E-state index in [9.17, 15) is 0 Å². The quantitative estimate of drug-likeness (QED) is 0.206. The number of rotatable bonds is 8. The van der Waals surface area contributed by atoms with Gasteiger partial charge in [-0.1, -0.05) is 32.2 Å². The van der Waals surface area contributed by atoms with Crippen molar-refractivity contribution in [1.82, 2.24) is 30.5 Å². The number of fused-ring (bicyclic) bond motifs is 2. The zero-order valence-corrected chi connectivity index (χ0v) is 20.5. The molecular formula is C28H26N6S. The summed E-state index contributed by atoms with van der Waals surface area (Å²) in [6, 6.07) is 10.4. The monoisotopic (exact) mass is 478 g/mol. The topological polar surface area (TPSA) is 82.3 Å². The Labute approximate surface area is 207 Å². The molecule has 3 N–H and O–H groups in total. The minimum Gasteiger partial charge on any atom is -0.359 e. The lowest BCUT2D eigenvalue weighted by Crippen LogP contribution is -2.09. The molecule has 5 rings (SSSR count). The molecule has 0 aliphatic carbocycles. The summed E-state index contributed by atoms with van der Waals surface area (Å²) in [5.74, 6) is 0. The fourth-order valence-electron chi connectivity index (χ4n) is 4.00. The van der Waals surface area contributed by atoms with Gasteiger partial charge in [0.15, 0.2) is 5.65 Å². The van der Waals surface area contributed by atoms with Crippen molar-refractivity contribution in [1.29, 1.82) is 0 Å². The van der Waals surface area contributed by atoms with Gasteiger partial charge in [-0.2, -0.15) is 5.10 Å². The Morgan fingerprint density at radius 3 is 2.83 bits per heavy atom. The van der Waals surface area contributed by atoms with Gasteiger partial charge in [0.05, 0.1) is 22.0 Å². The molecule has 0 atom stereocenters. The van der Waals surface area contributed by atoms with Crippen molar-refractivity contribution in [2.24, 2.45) is 0 Å². The number of hydrogen-bond acceptors (Lipinski definition) is 5. The molecular weight excluding hydrogens is 452 g/mol. The first-order chi connectivity index (χ1) is 17.1. The third kappa shape index (κ3) is 4.34. The second-order valence-electron chi connectivity index (χ2n) is 8.10. The van der Waals surface area contributed by atoms with E-state index in [1.807, 2.05) is 31.5 Å². The Hall–Kier alpha value is -4.23. The van der Waals surface area contributed by atoms with Crippen LogP contribution in [0.1, 0.15) is 25.8 Å². The van der Waals surface area contributed by atoms with E-state index in [2.05, 4.69) is 86.3 Å². The van der Waals surface area contributed by atoms with Crippen molar-refractivity contribution >= 4 is 38.8 Å². The molecule has 7 heteroatoms. The lowest BCUT2D eigenvalue weighted by atomic mass is 10.0. The predicted molar refractivity (Wildman–Crippen MR) is 147 cm³/mol. The maximum Gasteiger partial charge on any atom is 0.181 e. The summed E-state index contributed by atoms with van der Waals surface area (Å²) in [7, 11) is 0. The Kier molecular flexibility index (Phi) is 6.16. The number of nitrogens with one attached hydrogen (secondary N) is 3. The maximum atomic E-state index is 4.64. The van der Waals surface area contributed by atoms with Crippen molar-refractivity contribution in [3.8, 4) is 22.0 Å². The van der Waals surface area contributed by atoms with E-state index in [1.54, 1.807) is 17.4 Å². The van der Waals surface area contributed by atoms with Crippen LogP contribution in [0.2, 0.25) is 0 Å². The van der Waals surface area contributed by atoms with Gasteiger partial charge in [0.1, 0.15) is 0 Å². The van der Waals surface area contributed by atoms with Crippen molar-refractivity contribution in [3.63, 3.8) is 0 Å². The Bertz CT molecular complexity index is 1600. The molecule has 6 nitrogen and oxygen atoms in total. The number of H-pyrrole nitrogens is 2. The summed E-state index contributed by atoms with van der Waals surface area (Å²) >= 11 is 1.68. The van der Waals surface area contributed by atoms with Gasteiger partial charge >= 0.3 is 0 Å². The molecule has 0 saturated heterocycles. The van der Waals surface area contributed by atoms with E-state index in [-0.39, 0.29) is 0 Å². The molecule has 0 radical (unpaired) electrons. The minimum atomic E-state index is 0.667. The highest BCUT2D eigenvalue weighted by atomic mass is 32.1. The van der Waals surface area contributed by atoms with E-state index in [1.165, 1.54) is 0 Å². The molecule has 5 aromatic heterocycles. The highest BCUT2D eigenvalue weighted by molar-refractivity contribution is 7.13. The smallest absolute Gasteiger partial charge is 0.181 e. The molecule has 0 saturated carbocycles. The number of aromatic nitrogens is 5. The Morgan fingerprint density at radius 1 is 1.20 bits per heavy atom. The molecule has 5 aromatic rings. The van der Waals surface area contributed by atoms with Crippen LogP contribution in [0.25, 0.3) is 49.5 Å². The first-order valence-electron chi connectivity index (χ1n) is 11.4. The third-order valence-corrected chi connectivity index (χ3v) is 6.78. The molecule has 0 fully saturated rings. The summed E-state index contributed by atoms with van der Waals surface area (Å²) in [5.41, 5.74) is 8.35. The van der Waals surface area contributed by atoms with Crippen LogP contribution in [-0.4, -0.2) is 25.1 Å². The summed E-state index contributed by atoms with van der Waals surface area (Å²) in [4.78, 5) is 13.9. The largest absolute Gasteiger partial charge is 0.359 e. The molecule has 5 heterocycles. The van der Waals surface area contributed by atoms with Crippen molar-refractivity contribution < 1.29 is 0 Å². The average molecular weight is 479 g/mol. The zero-order valence-electron chi connectivity index (χ0n) is 19.7. The predicted octanol–water partition coefficient (Wildman–Crippen LogP) is 7.22. The molecule has 0 spiro atoms. The first-order valence-corrected chi connectivity index (χ1v) is 12.3. The second-order valence-corrected chi connectivity index (χ2v) is 9.05. The zero-order chi connectivity index (χ0) is 24.4. The van der Waals surface area contributed by atoms with Gasteiger partial charge in [-0.15, -0.1) is 11.3 Å². The second kappa shape index (κ2) is 9.56. The van der Waals surface area contributed by atoms with E-state index in [0.717, 1.165) is 67.2 Å². The van der Waals surface area contributed by atoms with Gasteiger partial charge < -0.3 is 10.3 Å². The molecule has 0 aliphatic heterocycles. The lowest BCUT2D eigenvalue weighted by Gasteiger charge is -2.10. The van der Waals surface area contributed by atoms with Crippen LogP contribution in [0.5, 0.6) is 0 Å². The molecule has 0 aromatic carbocycles. The highest BCUT2D eigenvalue weighted by Crippen LogP contribution is 2.34. The SMILES string of the molecule is C=C/C(=C\C(=C/C)c1cnc2n[nH]c(-c3cc4c(-c5cccs5)nccc4[nH]3)c2c1)NC(=C)CC. The number of nitrogens with zero attached hydrogens (tertiary/aromatic N) is 3. The highest BCUT2D eigenvalue weighted by Gasteiger charge is 2.15. The summed E-state index contributed by atoms with van der Waals surface area (Å²) in [6.07, 6.45) is 10.4. The fourth-order valence-corrected chi connectivity index (χ4v) is 4.74. The van der Waals surface area contributed by atoms with Crippen LogP contribution < -0.4 is 5.32 Å².